The summed E-state index contributed by atoms with van der Waals surface area (Å²) in [6.45, 7) is 0. The molecule has 0 bridgehead atoms. The van der Waals surface area contributed by atoms with Crippen molar-refractivity contribution in [3.63, 3.8) is 0 Å². The highest BCUT2D eigenvalue weighted by Crippen LogP contribution is 2.30. The first-order valence-corrected chi connectivity index (χ1v) is 7.71. The van der Waals surface area contributed by atoms with Gasteiger partial charge in [-0.05, 0) is 30.3 Å². The molecule has 2 aromatic carbocycles. The molecule has 0 aliphatic rings. The van der Waals surface area contributed by atoms with Gasteiger partial charge in [0.25, 0.3) is 5.91 Å². The second-order valence-corrected chi connectivity index (χ2v) is 5.32. The van der Waals surface area contributed by atoms with E-state index >= 15 is 0 Å². The van der Waals surface area contributed by atoms with Crippen molar-refractivity contribution < 1.29 is 27.4 Å². The number of carbonyl (C=O) groups excluding carboxylic acids is 1. The molecule has 3 rings (SSSR count). The SMILES string of the molecule is COc1ccccc1Oc1ccc(NC(=O)c2ccc(F)c(F)c2F)cn1. The lowest BCUT2D eigenvalue weighted by molar-refractivity contribution is 0.102. The van der Waals surface area contributed by atoms with Gasteiger partial charge in [-0.2, -0.15) is 0 Å². The van der Waals surface area contributed by atoms with Crippen LogP contribution in [0.4, 0.5) is 18.9 Å². The van der Waals surface area contributed by atoms with Crippen molar-refractivity contribution in [2.45, 2.75) is 0 Å². The smallest absolute Gasteiger partial charge is 0.258 e. The third-order valence-corrected chi connectivity index (χ3v) is 3.56. The van der Waals surface area contributed by atoms with Crippen LogP contribution in [0.5, 0.6) is 17.4 Å². The number of ether oxygens (including phenoxy) is 2. The van der Waals surface area contributed by atoms with Crippen molar-refractivity contribution in [1.82, 2.24) is 4.98 Å². The highest BCUT2D eigenvalue weighted by Gasteiger charge is 2.19. The van der Waals surface area contributed by atoms with Gasteiger partial charge in [0, 0.05) is 6.07 Å². The van der Waals surface area contributed by atoms with E-state index in [1.54, 1.807) is 24.3 Å². The number of nitrogens with one attached hydrogen (secondary N) is 1. The standard InChI is InChI=1S/C19H13F3N2O3/c1-26-14-4-2-3-5-15(14)27-16-9-6-11(10-23-16)24-19(25)12-7-8-13(20)18(22)17(12)21/h2-10H,1H3,(H,24,25). The maximum atomic E-state index is 13.7. The molecule has 3 aromatic rings. The zero-order chi connectivity index (χ0) is 19.4. The molecular formula is C19H13F3N2O3. The number of rotatable bonds is 5. The van der Waals surface area contributed by atoms with Gasteiger partial charge < -0.3 is 14.8 Å². The number of para-hydroxylation sites is 2. The lowest BCUT2D eigenvalue weighted by Crippen LogP contribution is -2.15. The third kappa shape index (κ3) is 4.00. The largest absolute Gasteiger partial charge is 0.493 e. The Labute approximate surface area is 152 Å². The topological polar surface area (TPSA) is 60.5 Å². The fourth-order valence-corrected chi connectivity index (χ4v) is 2.23. The van der Waals surface area contributed by atoms with E-state index in [-0.39, 0.29) is 11.6 Å². The predicted octanol–water partition coefficient (Wildman–Crippen LogP) is 4.55. The summed E-state index contributed by atoms with van der Waals surface area (Å²) in [5.41, 5.74) is -0.403. The average Bonchev–Trinajstić information content (AvgIpc) is 2.68. The molecule has 0 atom stereocenters. The minimum Gasteiger partial charge on any atom is -0.493 e. The number of carbonyl (C=O) groups is 1. The highest BCUT2D eigenvalue weighted by atomic mass is 19.2. The van der Waals surface area contributed by atoms with Crippen LogP contribution < -0.4 is 14.8 Å². The fourth-order valence-electron chi connectivity index (χ4n) is 2.23. The van der Waals surface area contributed by atoms with Crippen molar-refractivity contribution >= 4 is 11.6 Å². The molecule has 1 N–H and O–H groups in total. The molecule has 0 spiro atoms. The maximum absolute atomic E-state index is 13.7. The van der Waals surface area contributed by atoms with Crippen molar-refractivity contribution in [3.05, 3.63) is 77.7 Å². The van der Waals surface area contributed by atoms with Gasteiger partial charge in [0.05, 0.1) is 24.6 Å². The van der Waals surface area contributed by atoms with E-state index in [1.807, 2.05) is 0 Å². The van der Waals surface area contributed by atoms with E-state index in [4.69, 9.17) is 9.47 Å². The number of anilines is 1. The van der Waals surface area contributed by atoms with Crippen LogP contribution in [0, 0.1) is 17.5 Å². The molecule has 0 fully saturated rings. The molecule has 8 heteroatoms. The van der Waals surface area contributed by atoms with Crippen LogP contribution in [0.1, 0.15) is 10.4 Å². The summed E-state index contributed by atoms with van der Waals surface area (Å²) in [4.78, 5) is 16.1. The van der Waals surface area contributed by atoms with Gasteiger partial charge in [0.2, 0.25) is 5.88 Å². The Morgan fingerprint density at radius 2 is 1.70 bits per heavy atom. The number of benzene rings is 2. The number of aromatic nitrogens is 1. The van der Waals surface area contributed by atoms with Crippen molar-refractivity contribution in [2.75, 3.05) is 12.4 Å². The van der Waals surface area contributed by atoms with Gasteiger partial charge in [-0.15, -0.1) is 0 Å². The Bertz CT molecular complexity index is 978. The summed E-state index contributed by atoms with van der Waals surface area (Å²) in [6, 6.07) is 11.4. The third-order valence-electron chi connectivity index (χ3n) is 3.56. The zero-order valence-corrected chi connectivity index (χ0v) is 14.0. The van der Waals surface area contributed by atoms with E-state index in [1.165, 1.54) is 25.4 Å². The average molecular weight is 374 g/mol. The summed E-state index contributed by atoms with van der Waals surface area (Å²) < 4.78 is 50.6. The number of methoxy groups -OCH3 is 1. The Morgan fingerprint density at radius 3 is 2.37 bits per heavy atom. The molecule has 0 unspecified atom stereocenters. The number of amides is 1. The van der Waals surface area contributed by atoms with Gasteiger partial charge in [0.15, 0.2) is 29.0 Å². The van der Waals surface area contributed by atoms with Crippen LogP contribution in [0.15, 0.2) is 54.7 Å². The summed E-state index contributed by atoms with van der Waals surface area (Å²) in [6.07, 6.45) is 1.28. The van der Waals surface area contributed by atoms with Gasteiger partial charge in [-0.1, -0.05) is 12.1 Å². The molecule has 1 amide bonds. The lowest BCUT2D eigenvalue weighted by Gasteiger charge is -2.10. The van der Waals surface area contributed by atoms with Crippen molar-refractivity contribution in [1.29, 1.82) is 0 Å². The molecule has 1 aromatic heterocycles. The van der Waals surface area contributed by atoms with Gasteiger partial charge in [0.1, 0.15) is 0 Å². The van der Waals surface area contributed by atoms with Gasteiger partial charge in [-0.25, -0.2) is 18.2 Å². The number of halogens is 3. The van der Waals surface area contributed by atoms with E-state index in [0.29, 0.717) is 17.6 Å². The van der Waals surface area contributed by atoms with Gasteiger partial charge >= 0.3 is 0 Å². The first-order valence-electron chi connectivity index (χ1n) is 7.71. The van der Waals surface area contributed by atoms with Crippen LogP contribution in [0.3, 0.4) is 0 Å². The number of nitrogens with zero attached hydrogens (tertiary/aromatic N) is 1. The van der Waals surface area contributed by atoms with Crippen LogP contribution in [0.2, 0.25) is 0 Å². The zero-order valence-electron chi connectivity index (χ0n) is 14.0. The fraction of sp³-hybridized carbons (Fsp3) is 0.0526. The van der Waals surface area contributed by atoms with Crippen LogP contribution in [-0.2, 0) is 0 Å². The summed E-state index contributed by atoms with van der Waals surface area (Å²) in [5, 5.41) is 2.35. The molecule has 27 heavy (non-hydrogen) atoms. The van der Waals surface area contributed by atoms with E-state index in [9.17, 15) is 18.0 Å². The molecule has 138 valence electrons. The van der Waals surface area contributed by atoms with E-state index < -0.39 is 28.9 Å². The number of hydrogen-bond donors (Lipinski definition) is 1. The Morgan fingerprint density at radius 1 is 0.963 bits per heavy atom. The minimum absolute atomic E-state index is 0.219. The lowest BCUT2D eigenvalue weighted by atomic mass is 10.2. The quantitative estimate of drug-likeness (QED) is 0.666. The van der Waals surface area contributed by atoms with Crippen molar-refractivity contribution in [3.8, 4) is 17.4 Å². The molecule has 0 saturated heterocycles. The number of pyridine rings is 1. The summed E-state index contributed by atoms with van der Waals surface area (Å²) >= 11 is 0. The first-order chi connectivity index (χ1) is 13.0. The molecule has 0 saturated carbocycles. The Hall–Kier alpha value is -3.55. The highest BCUT2D eigenvalue weighted by molar-refractivity contribution is 6.04. The number of hydrogen-bond acceptors (Lipinski definition) is 4. The van der Waals surface area contributed by atoms with Crippen LogP contribution in [-0.4, -0.2) is 18.0 Å². The molecule has 0 radical (unpaired) electrons. The summed E-state index contributed by atoms with van der Waals surface area (Å²) in [5.74, 6) is -4.37. The molecule has 0 aliphatic heterocycles. The Balaban J connectivity index is 1.72. The first kappa shape index (κ1) is 18.2. The van der Waals surface area contributed by atoms with Gasteiger partial charge in [-0.3, -0.25) is 4.79 Å². The predicted molar refractivity (Wildman–Crippen MR) is 91.6 cm³/mol. The molecule has 5 nitrogen and oxygen atoms in total. The summed E-state index contributed by atoms with van der Waals surface area (Å²) in [7, 11) is 1.51. The van der Waals surface area contributed by atoms with E-state index in [0.717, 1.165) is 6.07 Å². The monoisotopic (exact) mass is 374 g/mol. The van der Waals surface area contributed by atoms with Crippen LogP contribution in [0.25, 0.3) is 0 Å². The second-order valence-electron chi connectivity index (χ2n) is 5.32. The Kier molecular flexibility index (Phi) is 5.25. The molecule has 1 heterocycles. The second kappa shape index (κ2) is 7.77. The molecular weight excluding hydrogens is 361 g/mol. The van der Waals surface area contributed by atoms with Crippen molar-refractivity contribution in [2.24, 2.45) is 0 Å². The van der Waals surface area contributed by atoms with Crippen LogP contribution >= 0.6 is 0 Å². The normalized spacial score (nSPS) is 10.4. The van der Waals surface area contributed by atoms with E-state index in [2.05, 4.69) is 10.3 Å². The minimum atomic E-state index is -1.71. The molecule has 0 aliphatic carbocycles. The maximum Gasteiger partial charge on any atom is 0.258 e.